The molecule has 5 heteroatoms. The van der Waals surface area contributed by atoms with E-state index in [2.05, 4.69) is 9.97 Å². The molecule has 1 aliphatic rings. The lowest BCUT2D eigenvalue weighted by Gasteiger charge is -2.12. The first-order valence-electron chi connectivity index (χ1n) is 4.99. The molecule has 0 aliphatic carbocycles. The van der Waals surface area contributed by atoms with Gasteiger partial charge in [-0.3, -0.25) is 4.90 Å². The third-order valence-corrected chi connectivity index (χ3v) is 2.24. The molecule has 0 unspecified atom stereocenters. The number of aromatic nitrogens is 2. The summed E-state index contributed by atoms with van der Waals surface area (Å²) in [5, 5.41) is 0. The van der Waals surface area contributed by atoms with Crippen molar-refractivity contribution in [2.45, 2.75) is 20.3 Å². The summed E-state index contributed by atoms with van der Waals surface area (Å²) in [5.74, 6) is 1.39. The number of carbonyl (C=O) groups is 1. The Balaban J connectivity index is 2.34. The first-order valence-corrected chi connectivity index (χ1v) is 4.99. The SMILES string of the molecule is CCc1nc(C)cc(N2CCOC2=O)n1. The number of anilines is 1. The molecule has 2 rings (SSSR count). The maximum absolute atomic E-state index is 11.3. The van der Waals surface area contributed by atoms with E-state index in [1.165, 1.54) is 4.90 Å². The van der Waals surface area contributed by atoms with Crippen LogP contribution in [0.4, 0.5) is 10.6 Å². The molecule has 80 valence electrons. The van der Waals surface area contributed by atoms with E-state index in [4.69, 9.17) is 4.74 Å². The average Bonchev–Trinajstić information content (AvgIpc) is 2.63. The molecule has 0 N–H and O–H groups in total. The summed E-state index contributed by atoms with van der Waals surface area (Å²) in [5.41, 5.74) is 0.872. The van der Waals surface area contributed by atoms with Gasteiger partial charge in [-0.05, 0) is 6.92 Å². The van der Waals surface area contributed by atoms with E-state index in [1.54, 1.807) is 6.07 Å². The van der Waals surface area contributed by atoms with E-state index in [-0.39, 0.29) is 6.09 Å². The van der Waals surface area contributed by atoms with Crippen LogP contribution in [0.15, 0.2) is 6.07 Å². The van der Waals surface area contributed by atoms with E-state index >= 15 is 0 Å². The van der Waals surface area contributed by atoms with Crippen molar-refractivity contribution >= 4 is 11.9 Å². The molecule has 1 amide bonds. The number of rotatable bonds is 2. The number of nitrogens with zero attached hydrogens (tertiary/aromatic N) is 3. The summed E-state index contributed by atoms with van der Waals surface area (Å²) in [4.78, 5) is 21.4. The van der Waals surface area contributed by atoms with Crippen LogP contribution < -0.4 is 4.90 Å². The van der Waals surface area contributed by atoms with Crippen molar-refractivity contribution in [3.8, 4) is 0 Å². The summed E-state index contributed by atoms with van der Waals surface area (Å²) in [6, 6.07) is 1.80. The molecule has 1 aliphatic heterocycles. The summed E-state index contributed by atoms with van der Waals surface area (Å²) < 4.78 is 4.86. The molecule has 0 radical (unpaired) electrons. The monoisotopic (exact) mass is 207 g/mol. The van der Waals surface area contributed by atoms with Crippen LogP contribution in [0.2, 0.25) is 0 Å². The second-order valence-electron chi connectivity index (χ2n) is 3.40. The van der Waals surface area contributed by atoms with Crippen LogP contribution >= 0.6 is 0 Å². The fourth-order valence-corrected chi connectivity index (χ4v) is 1.51. The van der Waals surface area contributed by atoms with Gasteiger partial charge in [0, 0.05) is 18.2 Å². The zero-order valence-electron chi connectivity index (χ0n) is 8.86. The zero-order valence-corrected chi connectivity index (χ0v) is 8.86. The highest BCUT2D eigenvalue weighted by molar-refractivity contribution is 5.88. The minimum atomic E-state index is -0.324. The van der Waals surface area contributed by atoms with Gasteiger partial charge in [-0.15, -0.1) is 0 Å². The van der Waals surface area contributed by atoms with E-state index in [0.717, 1.165) is 17.9 Å². The van der Waals surface area contributed by atoms with Gasteiger partial charge < -0.3 is 4.74 Å². The van der Waals surface area contributed by atoms with Crippen LogP contribution in [0.1, 0.15) is 18.4 Å². The lowest BCUT2D eigenvalue weighted by Crippen LogP contribution is -2.25. The van der Waals surface area contributed by atoms with Gasteiger partial charge in [-0.2, -0.15) is 0 Å². The number of hydrogen-bond acceptors (Lipinski definition) is 4. The Bertz CT molecular complexity index is 392. The molecule has 0 spiro atoms. The molecule has 0 atom stereocenters. The number of aryl methyl sites for hydroxylation is 2. The van der Waals surface area contributed by atoms with Crippen LogP contribution in [0, 0.1) is 6.92 Å². The van der Waals surface area contributed by atoms with E-state index in [9.17, 15) is 4.79 Å². The standard InChI is InChI=1S/C10H13N3O2/c1-3-8-11-7(2)6-9(12-8)13-4-5-15-10(13)14/h6H,3-5H2,1-2H3. The van der Waals surface area contributed by atoms with Crippen molar-refractivity contribution in [2.75, 3.05) is 18.1 Å². The second kappa shape index (κ2) is 3.84. The molecule has 1 aromatic rings. The summed E-state index contributed by atoms with van der Waals surface area (Å²) in [6.45, 7) is 4.88. The van der Waals surface area contributed by atoms with E-state index in [1.807, 2.05) is 13.8 Å². The van der Waals surface area contributed by atoms with Gasteiger partial charge in [-0.25, -0.2) is 14.8 Å². The van der Waals surface area contributed by atoms with Gasteiger partial charge in [0.05, 0.1) is 6.54 Å². The fraction of sp³-hybridized carbons (Fsp3) is 0.500. The molecule has 2 heterocycles. The third kappa shape index (κ3) is 1.91. The first-order chi connectivity index (χ1) is 7.20. The lowest BCUT2D eigenvalue weighted by molar-refractivity contribution is 0.181. The van der Waals surface area contributed by atoms with Crippen LogP contribution in [-0.2, 0) is 11.2 Å². The topological polar surface area (TPSA) is 55.3 Å². The Hall–Kier alpha value is -1.65. The molecule has 0 saturated carbocycles. The maximum Gasteiger partial charge on any atom is 0.415 e. The number of ether oxygens (including phenoxy) is 1. The Labute approximate surface area is 88.1 Å². The molecule has 0 aromatic carbocycles. The van der Waals surface area contributed by atoms with Crippen molar-refractivity contribution in [3.05, 3.63) is 17.6 Å². The molecule has 1 aromatic heterocycles. The van der Waals surface area contributed by atoms with Crippen LogP contribution in [0.3, 0.4) is 0 Å². The summed E-state index contributed by atoms with van der Waals surface area (Å²) in [6.07, 6.45) is 0.438. The lowest BCUT2D eigenvalue weighted by atomic mass is 10.3. The first kappa shape index (κ1) is 9.89. The van der Waals surface area contributed by atoms with Gasteiger partial charge in [0.2, 0.25) is 0 Å². The van der Waals surface area contributed by atoms with Gasteiger partial charge in [0.25, 0.3) is 0 Å². The highest BCUT2D eigenvalue weighted by Crippen LogP contribution is 2.16. The summed E-state index contributed by atoms with van der Waals surface area (Å²) >= 11 is 0. The molecular formula is C10H13N3O2. The largest absolute Gasteiger partial charge is 0.447 e. The van der Waals surface area contributed by atoms with Gasteiger partial charge in [0.15, 0.2) is 0 Å². The third-order valence-electron chi connectivity index (χ3n) is 2.24. The molecule has 1 saturated heterocycles. The average molecular weight is 207 g/mol. The van der Waals surface area contributed by atoms with Gasteiger partial charge in [-0.1, -0.05) is 6.92 Å². The van der Waals surface area contributed by atoms with Gasteiger partial charge >= 0.3 is 6.09 Å². The maximum atomic E-state index is 11.3. The Morgan fingerprint density at radius 1 is 1.53 bits per heavy atom. The molecule has 0 bridgehead atoms. The van der Waals surface area contributed by atoms with Crippen LogP contribution in [-0.4, -0.2) is 29.2 Å². The predicted molar refractivity (Wildman–Crippen MR) is 54.8 cm³/mol. The van der Waals surface area contributed by atoms with Crippen molar-refractivity contribution in [1.29, 1.82) is 0 Å². The fourth-order valence-electron chi connectivity index (χ4n) is 1.51. The molecule has 1 fully saturated rings. The molecular weight excluding hydrogens is 194 g/mol. The van der Waals surface area contributed by atoms with E-state index < -0.39 is 0 Å². The Kier molecular flexibility index (Phi) is 2.53. The minimum absolute atomic E-state index is 0.324. The second-order valence-corrected chi connectivity index (χ2v) is 3.40. The smallest absolute Gasteiger partial charge is 0.415 e. The van der Waals surface area contributed by atoms with Crippen LogP contribution in [0.5, 0.6) is 0 Å². The van der Waals surface area contributed by atoms with Crippen molar-refractivity contribution in [2.24, 2.45) is 0 Å². The van der Waals surface area contributed by atoms with Crippen molar-refractivity contribution in [3.63, 3.8) is 0 Å². The number of hydrogen-bond donors (Lipinski definition) is 0. The van der Waals surface area contributed by atoms with Gasteiger partial charge in [0.1, 0.15) is 18.2 Å². The molecule has 15 heavy (non-hydrogen) atoms. The quantitative estimate of drug-likeness (QED) is 0.733. The zero-order chi connectivity index (χ0) is 10.8. The van der Waals surface area contributed by atoms with Crippen molar-refractivity contribution in [1.82, 2.24) is 9.97 Å². The number of carbonyl (C=O) groups excluding carboxylic acids is 1. The van der Waals surface area contributed by atoms with E-state index in [0.29, 0.717) is 19.0 Å². The normalized spacial score (nSPS) is 15.6. The molecule has 5 nitrogen and oxygen atoms in total. The highest BCUT2D eigenvalue weighted by atomic mass is 16.6. The number of cyclic esters (lactones) is 1. The van der Waals surface area contributed by atoms with Crippen molar-refractivity contribution < 1.29 is 9.53 Å². The van der Waals surface area contributed by atoms with Crippen LogP contribution in [0.25, 0.3) is 0 Å². The number of amides is 1. The predicted octanol–water partition coefficient (Wildman–Crippen LogP) is 1.30. The summed E-state index contributed by atoms with van der Waals surface area (Å²) in [7, 11) is 0. The minimum Gasteiger partial charge on any atom is -0.447 e. The Morgan fingerprint density at radius 3 is 2.93 bits per heavy atom. The Morgan fingerprint density at radius 2 is 2.33 bits per heavy atom. The highest BCUT2D eigenvalue weighted by Gasteiger charge is 2.25.